The summed E-state index contributed by atoms with van der Waals surface area (Å²) in [5.74, 6) is 7.29. The zero-order valence-corrected chi connectivity index (χ0v) is 32.3. The zero-order valence-electron chi connectivity index (χ0n) is 30.7. The number of pyridine rings is 1. The van der Waals surface area contributed by atoms with E-state index in [9.17, 15) is 4.79 Å². The highest BCUT2D eigenvalue weighted by molar-refractivity contribution is 8.13. The third-order valence-electron chi connectivity index (χ3n) is 10.8. The van der Waals surface area contributed by atoms with Gasteiger partial charge in [0.2, 0.25) is 0 Å². The molecule has 1 aliphatic carbocycles. The molecule has 5 rings (SSSR count). The van der Waals surface area contributed by atoms with Crippen LogP contribution < -0.4 is 20.1 Å². The van der Waals surface area contributed by atoms with Crippen molar-refractivity contribution < 1.29 is 14.3 Å². The first kappa shape index (κ1) is 38.8. The molecule has 0 radical (unpaired) electrons. The van der Waals surface area contributed by atoms with Crippen molar-refractivity contribution in [3.05, 3.63) is 64.3 Å². The van der Waals surface area contributed by atoms with E-state index in [4.69, 9.17) is 31.8 Å². The summed E-state index contributed by atoms with van der Waals surface area (Å²) in [7, 11) is -0.493. The second kappa shape index (κ2) is 18.9. The van der Waals surface area contributed by atoms with Gasteiger partial charge in [-0.1, -0.05) is 80.5 Å². The minimum Gasteiger partial charge on any atom is -0.489 e. The molecule has 2 fully saturated rings. The average Bonchev–Trinajstić information content (AvgIpc) is 3.28. The van der Waals surface area contributed by atoms with Crippen LogP contribution in [-0.2, 0) is 11.2 Å². The van der Waals surface area contributed by atoms with E-state index in [0.717, 1.165) is 81.7 Å². The van der Waals surface area contributed by atoms with Crippen LogP contribution in [0.4, 0.5) is 5.82 Å². The number of rotatable bonds is 16. The normalized spacial score (nSPS) is 23.9. The molecule has 3 N–H and O–H groups in total. The Morgan fingerprint density at radius 2 is 2.06 bits per heavy atom. The van der Waals surface area contributed by atoms with Crippen LogP contribution in [0.1, 0.15) is 93.8 Å². The van der Waals surface area contributed by atoms with Gasteiger partial charge in [0, 0.05) is 48.4 Å². The minimum atomic E-state index is -0.493. The van der Waals surface area contributed by atoms with Gasteiger partial charge in [0.15, 0.2) is 11.6 Å². The molecule has 1 saturated carbocycles. The predicted octanol–water partition coefficient (Wildman–Crippen LogP) is 7.47. The van der Waals surface area contributed by atoms with E-state index in [1.165, 1.54) is 30.4 Å². The molecule has 276 valence electrons. The number of benzene rings is 1. The summed E-state index contributed by atoms with van der Waals surface area (Å²) >= 11 is 6.49. The maximum absolute atomic E-state index is 13.4. The Morgan fingerprint density at radius 3 is 2.78 bits per heavy atom. The molecule has 50 heavy (non-hydrogen) atoms. The Morgan fingerprint density at radius 1 is 1.22 bits per heavy atom. The number of allylic oxidation sites excluding steroid dienone is 2. The Bertz CT molecular complexity index is 1470. The SMILES string of the molecule is C=S(NC(=O)c1ccc2c(n1)N(CC1CCC1[C@@H](/C=C/CC)CCCN1CCOCC1CN)CC(c1ccc(Cl)cc1CCC)CO2)C(C)C. The van der Waals surface area contributed by atoms with Crippen molar-refractivity contribution in [1.29, 1.82) is 0 Å². The summed E-state index contributed by atoms with van der Waals surface area (Å²) in [5, 5.41) is 1.02. The maximum Gasteiger partial charge on any atom is 0.279 e. The molecule has 6 atom stereocenters. The summed E-state index contributed by atoms with van der Waals surface area (Å²) in [6.07, 6.45) is 12.7. The van der Waals surface area contributed by atoms with Gasteiger partial charge in [-0.05, 0) is 98.2 Å². The number of ether oxygens (including phenoxy) is 2. The highest BCUT2D eigenvalue weighted by atomic mass is 35.5. The number of morpholine rings is 1. The fourth-order valence-corrected chi connectivity index (χ4v) is 8.53. The number of aromatic nitrogens is 1. The minimum absolute atomic E-state index is 0.144. The fraction of sp³-hybridized carbons (Fsp3) is 0.625. The number of hydrogen-bond acceptors (Lipinski definition) is 7. The van der Waals surface area contributed by atoms with Gasteiger partial charge in [-0.15, -0.1) is 0 Å². The molecule has 10 heteroatoms. The molecule has 2 aromatic rings. The highest BCUT2D eigenvalue weighted by Crippen LogP contribution is 2.45. The van der Waals surface area contributed by atoms with Gasteiger partial charge in [-0.25, -0.2) is 4.98 Å². The number of nitrogens with two attached hydrogens (primary N) is 1. The lowest BCUT2D eigenvalue weighted by Crippen LogP contribution is -2.49. The first-order valence-corrected chi connectivity index (χ1v) is 20.7. The molecule has 8 nitrogen and oxygen atoms in total. The first-order chi connectivity index (χ1) is 24.2. The topological polar surface area (TPSA) is 93.0 Å². The van der Waals surface area contributed by atoms with Crippen molar-refractivity contribution >= 4 is 39.9 Å². The van der Waals surface area contributed by atoms with Gasteiger partial charge in [-0.3, -0.25) is 9.69 Å². The molecule has 1 amide bonds. The maximum atomic E-state index is 13.4. The molecular weight excluding hydrogens is 666 g/mol. The predicted molar refractivity (Wildman–Crippen MR) is 211 cm³/mol. The van der Waals surface area contributed by atoms with E-state index >= 15 is 0 Å². The molecule has 5 unspecified atom stereocenters. The smallest absolute Gasteiger partial charge is 0.279 e. The van der Waals surface area contributed by atoms with Crippen LogP contribution in [0.25, 0.3) is 0 Å². The van der Waals surface area contributed by atoms with Crippen LogP contribution in [0.5, 0.6) is 5.75 Å². The molecule has 0 spiro atoms. The highest BCUT2D eigenvalue weighted by Gasteiger charge is 2.39. The van der Waals surface area contributed by atoms with E-state index in [2.05, 4.69) is 72.4 Å². The molecule has 3 heterocycles. The lowest BCUT2D eigenvalue weighted by Gasteiger charge is -2.44. The van der Waals surface area contributed by atoms with Gasteiger partial charge < -0.3 is 24.8 Å². The van der Waals surface area contributed by atoms with Gasteiger partial charge in [0.1, 0.15) is 5.69 Å². The van der Waals surface area contributed by atoms with Gasteiger partial charge in [0.05, 0.1) is 19.8 Å². The zero-order chi connectivity index (χ0) is 35.6. The van der Waals surface area contributed by atoms with E-state index in [0.29, 0.717) is 42.6 Å². The monoisotopic (exact) mass is 725 g/mol. The first-order valence-electron chi connectivity index (χ1n) is 18.9. The summed E-state index contributed by atoms with van der Waals surface area (Å²) < 4.78 is 15.3. The second-order valence-corrected chi connectivity index (χ2v) is 17.0. The van der Waals surface area contributed by atoms with Crippen LogP contribution in [-0.4, -0.2) is 85.5 Å². The number of fused-ring (bicyclic) bond motifs is 1. The Kier molecular flexibility index (Phi) is 14.6. The van der Waals surface area contributed by atoms with Crippen molar-refractivity contribution in [2.45, 2.75) is 89.9 Å². The molecule has 1 aromatic heterocycles. The Hall–Kier alpha value is -2.43. The number of anilines is 1. The van der Waals surface area contributed by atoms with Crippen molar-refractivity contribution in [1.82, 2.24) is 14.6 Å². The van der Waals surface area contributed by atoms with Gasteiger partial charge >= 0.3 is 0 Å². The molecule has 1 aromatic carbocycles. The summed E-state index contributed by atoms with van der Waals surface area (Å²) in [4.78, 5) is 23.3. The molecule has 2 aliphatic heterocycles. The van der Waals surface area contributed by atoms with E-state index in [-0.39, 0.29) is 17.1 Å². The van der Waals surface area contributed by atoms with E-state index < -0.39 is 10.7 Å². The van der Waals surface area contributed by atoms with E-state index in [1.807, 2.05) is 12.1 Å². The van der Waals surface area contributed by atoms with Crippen LogP contribution in [0, 0.1) is 17.8 Å². The average molecular weight is 726 g/mol. The quantitative estimate of drug-likeness (QED) is 0.137. The number of aryl methyl sites for hydroxylation is 1. The van der Waals surface area contributed by atoms with Crippen molar-refractivity contribution in [2.24, 2.45) is 23.5 Å². The molecule has 3 aliphatic rings. The van der Waals surface area contributed by atoms with Crippen molar-refractivity contribution in [3.8, 4) is 5.75 Å². The van der Waals surface area contributed by atoms with Gasteiger partial charge in [0.25, 0.3) is 5.91 Å². The second-order valence-electron chi connectivity index (χ2n) is 14.6. The largest absolute Gasteiger partial charge is 0.489 e. The van der Waals surface area contributed by atoms with Gasteiger partial charge in [-0.2, -0.15) is 0 Å². The lowest BCUT2D eigenvalue weighted by atomic mass is 9.65. The standard InChI is InChI=1S/C40H60ClN5O3S/c1-6-8-11-29(12-9-19-45-20-21-48-27-34(45)23-42)35-15-13-31(35)24-46-25-32(36-16-14-33(41)22-30(36)10-7-2)26-49-38-18-17-37(43-39(38)46)40(47)44-50(5)28(3)4/h8,11,14,16-18,22,28-29,31-32,34-35H,5-7,9-10,12-13,15,19-21,23-27,42H2,1-4H3,(H,44,47)/b11-8+/t29-,31?,32?,34?,35?,50?/m0/s1. The number of hydrogen-bond donors (Lipinski definition) is 2. The third kappa shape index (κ3) is 9.91. The summed E-state index contributed by atoms with van der Waals surface area (Å²) in [6.45, 7) is 15.0. The molecule has 0 bridgehead atoms. The van der Waals surface area contributed by atoms with Crippen molar-refractivity contribution in [3.63, 3.8) is 0 Å². The Labute approximate surface area is 308 Å². The fourth-order valence-electron chi connectivity index (χ4n) is 7.76. The lowest BCUT2D eigenvalue weighted by molar-refractivity contribution is -0.00544. The van der Waals surface area contributed by atoms with Crippen LogP contribution in [0.3, 0.4) is 0 Å². The van der Waals surface area contributed by atoms with Crippen molar-refractivity contribution in [2.75, 3.05) is 57.4 Å². The van der Waals surface area contributed by atoms with E-state index in [1.54, 1.807) is 6.07 Å². The summed E-state index contributed by atoms with van der Waals surface area (Å²) in [5.41, 5.74) is 9.06. The molecule has 1 saturated heterocycles. The molecular formula is C40H60ClN5O3S. The number of carbonyl (C=O) groups is 1. The van der Waals surface area contributed by atoms with Crippen LogP contribution in [0.15, 0.2) is 42.5 Å². The number of nitrogens with one attached hydrogen (secondary N) is 1. The number of amides is 1. The number of halogens is 1. The number of nitrogens with zero attached hydrogens (tertiary/aromatic N) is 3. The third-order valence-corrected chi connectivity index (χ3v) is 12.6. The summed E-state index contributed by atoms with van der Waals surface area (Å²) in [6, 6.07) is 10.4. The Balaban J connectivity index is 1.39. The van der Waals surface area contributed by atoms with Crippen LogP contribution in [0.2, 0.25) is 5.02 Å². The van der Waals surface area contributed by atoms with Crippen LogP contribution >= 0.6 is 22.3 Å². The number of carbonyl (C=O) groups excluding carboxylic acids is 1.